The zero-order valence-corrected chi connectivity index (χ0v) is 5.04. The van der Waals surface area contributed by atoms with Gasteiger partial charge in [0.05, 0.1) is 6.61 Å². The second-order valence-electron chi connectivity index (χ2n) is 1.90. The van der Waals surface area contributed by atoms with E-state index in [0.29, 0.717) is 0 Å². The van der Waals surface area contributed by atoms with Crippen molar-refractivity contribution in [3.8, 4) is 0 Å². The monoisotopic (exact) mass is 163 g/mol. The predicted molar refractivity (Wildman–Crippen MR) is 43.9 cm³/mol. The molecule has 1 aromatic carbocycles. The Bertz CT molecular complexity index is 185. The van der Waals surface area contributed by atoms with Crippen molar-refractivity contribution in [1.29, 1.82) is 0 Å². The van der Waals surface area contributed by atoms with Crippen molar-refractivity contribution in [2.24, 2.45) is 0 Å². The van der Waals surface area contributed by atoms with Crippen LogP contribution < -0.4 is 5.73 Å². The standard InChI is InChI=1S/C7H9NO.K.H/c8-7-3-1-6(5-9)2-4-7;;/h1-4,9H,5,8H2;;. The summed E-state index contributed by atoms with van der Waals surface area (Å²) in [6.45, 7) is 0.0836. The molecule has 3 heteroatoms. The number of aliphatic hydroxyl groups excluding tert-OH is 1. The Morgan fingerprint density at radius 1 is 1.20 bits per heavy atom. The molecule has 0 saturated heterocycles. The minimum atomic E-state index is 0. The van der Waals surface area contributed by atoms with Crippen LogP contribution in [0.2, 0.25) is 0 Å². The second-order valence-corrected chi connectivity index (χ2v) is 1.90. The van der Waals surface area contributed by atoms with Crippen molar-refractivity contribution in [2.45, 2.75) is 6.61 Å². The van der Waals surface area contributed by atoms with E-state index in [1.54, 1.807) is 24.3 Å². The molecular formula is C7H10KNO. The van der Waals surface area contributed by atoms with E-state index in [4.69, 9.17) is 10.8 Å². The van der Waals surface area contributed by atoms with Gasteiger partial charge >= 0.3 is 51.4 Å². The zero-order chi connectivity index (χ0) is 6.69. The molecule has 0 radical (unpaired) electrons. The summed E-state index contributed by atoms with van der Waals surface area (Å²) in [6, 6.07) is 7.14. The molecule has 0 bridgehead atoms. The Morgan fingerprint density at radius 3 is 2.10 bits per heavy atom. The Labute approximate surface area is 103 Å². The summed E-state index contributed by atoms with van der Waals surface area (Å²) in [5.41, 5.74) is 7.02. The van der Waals surface area contributed by atoms with Gasteiger partial charge in [0.25, 0.3) is 0 Å². The maximum atomic E-state index is 8.59. The number of hydrogen-bond acceptors (Lipinski definition) is 2. The zero-order valence-electron chi connectivity index (χ0n) is 5.04. The third-order valence-corrected chi connectivity index (χ3v) is 1.16. The van der Waals surface area contributed by atoms with Gasteiger partial charge in [-0.2, -0.15) is 0 Å². The van der Waals surface area contributed by atoms with Crippen molar-refractivity contribution in [2.75, 3.05) is 5.73 Å². The van der Waals surface area contributed by atoms with Crippen LogP contribution in [0.4, 0.5) is 5.69 Å². The first kappa shape index (κ1) is 10.6. The van der Waals surface area contributed by atoms with E-state index in [9.17, 15) is 0 Å². The Kier molecular flexibility index (Phi) is 5.62. The number of nitrogens with two attached hydrogens (primary N) is 1. The fraction of sp³-hybridized carbons (Fsp3) is 0.143. The number of rotatable bonds is 1. The molecule has 10 heavy (non-hydrogen) atoms. The van der Waals surface area contributed by atoms with Crippen molar-refractivity contribution in [1.82, 2.24) is 0 Å². The SMILES string of the molecule is Nc1ccc(CO)cc1.[KH]. The minimum absolute atomic E-state index is 0. The molecule has 0 atom stereocenters. The van der Waals surface area contributed by atoms with Crippen LogP contribution in [-0.2, 0) is 6.61 Å². The first-order chi connectivity index (χ1) is 4.33. The molecule has 0 aromatic heterocycles. The van der Waals surface area contributed by atoms with Crippen LogP contribution in [0.3, 0.4) is 0 Å². The van der Waals surface area contributed by atoms with Gasteiger partial charge in [-0.25, -0.2) is 0 Å². The molecule has 0 aliphatic heterocycles. The van der Waals surface area contributed by atoms with Crippen LogP contribution in [-0.4, -0.2) is 56.5 Å². The van der Waals surface area contributed by atoms with Crippen LogP contribution in [0.25, 0.3) is 0 Å². The molecule has 1 aromatic rings. The first-order valence-electron chi connectivity index (χ1n) is 2.78. The fourth-order valence-corrected chi connectivity index (χ4v) is 0.623. The van der Waals surface area contributed by atoms with Crippen LogP contribution in [0, 0.1) is 0 Å². The Morgan fingerprint density at radius 2 is 1.70 bits per heavy atom. The summed E-state index contributed by atoms with van der Waals surface area (Å²) in [5, 5.41) is 8.59. The number of aliphatic hydroxyl groups is 1. The van der Waals surface area contributed by atoms with Crippen LogP contribution in [0.1, 0.15) is 5.56 Å². The van der Waals surface area contributed by atoms with Gasteiger partial charge in [-0.3, -0.25) is 0 Å². The average Bonchev–Trinajstić information content (AvgIpc) is 1.90. The van der Waals surface area contributed by atoms with Gasteiger partial charge in [0, 0.05) is 5.69 Å². The van der Waals surface area contributed by atoms with E-state index >= 15 is 0 Å². The third kappa shape index (κ3) is 3.14. The van der Waals surface area contributed by atoms with E-state index in [0.717, 1.165) is 11.3 Å². The van der Waals surface area contributed by atoms with Crippen molar-refractivity contribution in [3.63, 3.8) is 0 Å². The molecule has 3 N–H and O–H groups in total. The van der Waals surface area contributed by atoms with E-state index in [1.807, 2.05) is 0 Å². The molecule has 0 saturated carbocycles. The topological polar surface area (TPSA) is 46.2 Å². The van der Waals surface area contributed by atoms with Crippen molar-refractivity contribution in [3.05, 3.63) is 29.8 Å². The average molecular weight is 163 g/mol. The fourth-order valence-electron chi connectivity index (χ4n) is 0.623. The van der Waals surface area contributed by atoms with Gasteiger partial charge < -0.3 is 10.8 Å². The van der Waals surface area contributed by atoms with Crippen molar-refractivity contribution >= 4 is 57.1 Å². The summed E-state index contributed by atoms with van der Waals surface area (Å²) in [4.78, 5) is 0. The summed E-state index contributed by atoms with van der Waals surface area (Å²) in [7, 11) is 0. The molecule has 0 amide bonds. The number of anilines is 1. The molecule has 0 unspecified atom stereocenters. The van der Waals surface area contributed by atoms with Crippen LogP contribution in [0.15, 0.2) is 24.3 Å². The molecule has 0 fully saturated rings. The quantitative estimate of drug-likeness (QED) is 0.456. The molecule has 0 spiro atoms. The summed E-state index contributed by atoms with van der Waals surface area (Å²) < 4.78 is 0. The van der Waals surface area contributed by atoms with Gasteiger partial charge in [-0.15, -0.1) is 0 Å². The number of nitrogen functional groups attached to an aromatic ring is 1. The van der Waals surface area contributed by atoms with E-state index in [1.165, 1.54) is 0 Å². The number of benzene rings is 1. The van der Waals surface area contributed by atoms with Gasteiger partial charge in [0.1, 0.15) is 0 Å². The predicted octanol–water partition coefficient (Wildman–Crippen LogP) is 0.113. The number of hydrogen-bond donors (Lipinski definition) is 2. The van der Waals surface area contributed by atoms with E-state index < -0.39 is 0 Å². The van der Waals surface area contributed by atoms with Crippen molar-refractivity contribution < 1.29 is 5.11 Å². The van der Waals surface area contributed by atoms with E-state index in [2.05, 4.69) is 0 Å². The Balaban J connectivity index is 0.000000810. The molecule has 0 heterocycles. The molecule has 50 valence electrons. The normalized spacial score (nSPS) is 8.50. The van der Waals surface area contributed by atoms with Gasteiger partial charge in [0.15, 0.2) is 0 Å². The van der Waals surface area contributed by atoms with Crippen LogP contribution in [0.5, 0.6) is 0 Å². The maximum absolute atomic E-state index is 8.59. The van der Waals surface area contributed by atoms with Crippen LogP contribution >= 0.6 is 0 Å². The van der Waals surface area contributed by atoms with Gasteiger partial charge in [-0.1, -0.05) is 12.1 Å². The first-order valence-corrected chi connectivity index (χ1v) is 2.78. The second kappa shape index (κ2) is 5.29. The molecular weight excluding hydrogens is 153 g/mol. The molecule has 0 aliphatic rings. The Hall–Kier alpha value is 0.616. The third-order valence-electron chi connectivity index (χ3n) is 1.16. The summed E-state index contributed by atoms with van der Waals surface area (Å²) in [5.74, 6) is 0. The van der Waals surface area contributed by atoms with E-state index in [-0.39, 0.29) is 58.0 Å². The van der Waals surface area contributed by atoms with Gasteiger partial charge in [0.2, 0.25) is 0 Å². The molecule has 0 aliphatic carbocycles. The van der Waals surface area contributed by atoms with Gasteiger partial charge in [-0.05, 0) is 17.7 Å². The molecule has 2 nitrogen and oxygen atoms in total. The summed E-state index contributed by atoms with van der Waals surface area (Å²) >= 11 is 0. The molecule has 1 rings (SSSR count). The summed E-state index contributed by atoms with van der Waals surface area (Å²) in [6.07, 6.45) is 0.